The van der Waals surface area contributed by atoms with E-state index in [0.29, 0.717) is 19.1 Å². The van der Waals surface area contributed by atoms with Crippen LogP contribution in [0.2, 0.25) is 0 Å². The van der Waals surface area contributed by atoms with E-state index in [0.717, 1.165) is 36.3 Å². The molecule has 2 aliphatic rings. The van der Waals surface area contributed by atoms with Crippen LogP contribution in [0.5, 0.6) is 5.75 Å². The van der Waals surface area contributed by atoms with E-state index in [-0.39, 0.29) is 24.4 Å². The van der Waals surface area contributed by atoms with E-state index in [9.17, 15) is 4.79 Å². The third-order valence-electron chi connectivity index (χ3n) is 4.42. The summed E-state index contributed by atoms with van der Waals surface area (Å²) >= 11 is 0. The molecule has 0 aromatic heterocycles. The number of piperidine rings is 1. The predicted octanol–water partition coefficient (Wildman–Crippen LogP) is 2.47. The lowest BCUT2D eigenvalue weighted by Gasteiger charge is -2.38. The van der Waals surface area contributed by atoms with Gasteiger partial charge in [0.15, 0.2) is 0 Å². The van der Waals surface area contributed by atoms with Crippen molar-refractivity contribution in [3.8, 4) is 5.75 Å². The molecule has 2 unspecified atom stereocenters. The smallest absolute Gasteiger partial charge is 0.253 e. The highest BCUT2D eigenvalue weighted by molar-refractivity contribution is 5.99. The van der Waals surface area contributed by atoms with Gasteiger partial charge in [0.2, 0.25) is 0 Å². The molecule has 5 heteroatoms. The summed E-state index contributed by atoms with van der Waals surface area (Å²) in [7, 11) is 0. The molecule has 0 saturated carbocycles. The molecule has 0 spiro atoms. The second-order valence-electron chi connectivity index (χ2n) is 6.01. The van der Waals surface area contributed by atoms with Gasteiger partial charge in [0.25, 0.3) is 5.91 Å². The number of hydrogen-bond acceptors (Lipinski definition) is 3. The minimum Gasteiger partial charge on any atom is -0.488 e. The molecule has 0 aliphatic carbocycles. The third-order valence-corrected chi connectivity index (χ3v) is 4.42. The SMILES string of the molecule is CC1CCN(C(=O)C2=Cc3ccccc3OC2)C(CN)C1.Cl. The highest BCUT2D eigenvalue weighted by atomic mass is 35.5. The van der Waals surface area contributed by atoms with Gasteiger partial charge in [-0.25, -0.2) is 0 Å². The zero-order valence-corrected chi connectivity index (χ0v) is 13.6. The fourth-order valence-corrected chi connectivity index (χ4v) is 3.17. The van der Waals surface area contributed by atoms with Gasteiger partial charge in [-0.15, -0.1) is 12.4 Å². The normalized spacial score (nSPS) is 23.7. The van der Waals surface area contributed by atoms with Crippen LogP contribution in [0.1, 0.15) is 25.3 Å². The van der Waals surface area contributed by atoms with Crippen LogP contribution in [-0.2, 0) is 4.79 Å². The standard InChI is InChI=1S/C17H22N2O2.ClH/c1-12-6-7-19(15(8-12)10-18)17(20)14-9-13-4-2-3-5-16(13)21-11-14;/h2-5,9,12,15H,6-8,10-11,18H2,1H3;1H. The number of rotatable bonds is 2. The lowest BCUT2D eigenvalue weighted by atomic mass is 9.91. The van der Waals surface area contributed by atoms with Crippen LogP contribution < -0.4 is 10.5 Å². The van der Waals surface area contributed by atoms with Crippen LogP contribution in [0.3, 0.4) is 0 Å². The quantitative estimate of drug-likeness (QED) is 0.910. The molecule has 1 aromatic rings. The predicted molar refractivity (Wildman–Crippen MR) is 90.1 cm³/mol. The maximum atomic E-state index is 12.8. The fraction of sp³-hybridized carbons (Fsp3) is 0.471. The van der Waals surface area contributed by atoms with E-state index >= 15 is 0 Å². The molecular weight excluding hydrogens is 300 g/mol. The Kier molecular flexibility index (Phi) is 5.48. The summed E-state index contributed by atoms with van der Waals surface area (Å²) in [4.78, 5) is 14.7. The van der Waals surface area contributed by atoms with Crippen LogP contribution >= 0.6 is 12.4 Å². The van der Waals surface area contributed by atoms with Gasteiger partial charge in [0.1, 0.15) is 12.4 Å². The zero-order valence-electron chi connectivity index (χ0n) is 12.8. The Hall–Kier alpha value is -1.52. The van der Waals surface area contributed by atoms with E-state index in [4.69, 9.17) is 10.5 Å². The monoisotopic (exact) mass is 322 g/mol. The molecule has 1 aromatic carbocycles. The van der Waals surface area contributed by atoms with Gasteiger partial charge >= 0.3 is 0 Å². The molecular formula is C17H23ClN2O2. The van der Waals surface area contributed by atoms with Gasteiger partial charge in [0, 0.05) is 24.7 Å². The van der Waals surface area contributed by atoms with E-state index in [1.807, 2.05) is 35.2 Å². The Balaban J connectivity index is 0.00000176. The summed E-state index contributed by atoms with van der Waals surface area (Å²) in [5, 5.41) is 0. The molecule has 4 nitrogen and oxygen atoms in total. The summed E-state index contributed by atoms with van der Waals surface area (Å²) in [6, 6.07) is 7.95. The average molecular weight is 323 g/mol. The Morgan fingerprint density at radius 2 is 2.18 bits per heavy atom. The maximum absolute atomic E-state index is 12.8. The molecule has 2 heterocycles. The number of carbonyl (C=O) groups is 1. The first-order chi connectivity index (χ1) is 10.2. The van der Waals surface area contributed by atoms with Crippen molar-refractivity contribution in [2.24, 2.45) is 11.7 Å². The number of nitrogens with zero attached hydrogens (tertiary/aromatic N) is 1. The Morgan fingerprint density at radius 1 is 1.41 bits per heavy atom. The van der Waals surface area contributed by atoms with Gasteiger partial charge < -0.3 is 15.4 Å². The van der Waals surface area contributed by atoms with Crippen molar-refractivity contribution in [2.45, 2.75) is 25.8 Å². The first kappa shape index (κ1) is 16.8. The summed E-state index contributed by atoms with van der Waals surface area (Å²) in [5.41, 5.74) is 7.55. The lowest BCUT2D eigenvalue weighted by molar-refractivity contribution is -0.131. The molecule has 3 rings (SSSR count). The third kappa shape index (κ3) is 3.28. The Labute approximate surface area is 137 Å². The summed E-state index contributed by atoms with van der Waals surface area (Å²) < 4.78 is 5.69. The maximum Gasteiger partial charge on any atom is 0.253 e. The van der Waals surface area contributed by atoms with Crippen molar-refractivity contribution in [3.05, 3.63) is 35.4 Å². The molecule has 2 aliphatic heterocycles. The van der Waals surface area contributed by atoms with Gasteiger partial charge in [0.05, 0.1) is 5.57 Å². The lowest BCUT2D eigenvalue weighted by Crippen LogP contribution is -2.50. The molecule has 0 bridgehead atoms. The summed E-state index contributed by atoms with van der Waals surface area (Å²) in [6.07, 6.45) is 3.99. The number of likely N-dealkylation sites (tertiary alicyclic amines) is 1. The van der Waals surface area contributed by atoms with Crippen LogP contribution in [0.25, 0.3) is 6.08 Å². The van der Waals surface area contributed by atoms with Crippen molar-refractivity contribution in [1.82, 2.24) is 4.90 Å². The number of halogens is 1. The number of amides is 1. The van der Waals surface area contributed by atoms with Crippen LogP contribution in [-0.4, -0.2) is 36.5 Å². The van der Waals surface area contributed by atoms with Crippen LogP contribution in [0, 0.1) is 5.92 Å². The van der Waals surface area contributed by atoms with Crippen LogP contribution in [0.15, 0.2) is 29.8 Å². The second-order valence-corrected chi connectivity index (χ2v) is 6.01. The van der Waals surface area contributed by atoms with Crippen molar-refractivity contribution in [1.29, 1.82) is 0 Å². The van der Waals surface area contributed by atoms with E-state index in [2.05, 4.69) is 6.92 Å². The molecule has 1 amide bonds. The summed E-state index contributed by atoms with van der Waals surface area (Å²) in [6.45, 7) is 3.89. The second kappa shape index (κ2) is 7.16. The zero-order chi connectivity index (χ0) is 14.8. The molecule has 22 heavy (non-hydrogen) atoms. The Bertz CT molecular complexity index is 574. The number of benzene rings is 1. The molecule has 2 N–H and O–H groups in total. The minimum absolute atomic E-state index is 0. The number of ether oxygens (including phenoxy) is 1. The Morgan fingerprint density at radius 3 is 2.95 bits per heavy atom. The molecule has 2 atom stereocenters. The van der Waals surface area contributed by atoms with Gasteiger partial charge in [-0.1, -0.05) is 25.1 Å². The first-order valence-corrected chi connectivity index (χ1v) is 7.62. The van der Waals surface area contributed by atoms with Crippen molar-refractivity contribution < 1.29 is 9.53 Å². The van der Waals surface area contributed by atoms with Gasteiger partial charge in [-0.05, 0) is 30.9 Å². The average Bonchev–Trinajstić information content (AvgIpc) is 2.53. The number of hydrogen-bond donors (Lipinski definition) is 1. The molecule has 1 saturated heterocycles. The number of carbonyl (C=O) groups excluding carboxylic acids is 1. The van der Waals surface area contributed by atoms with Gasteiger partial charge in [-0.2, -0.15) is 0 Å². The van der Waals surface area contributed by atoms with Crippen molar-refractivity contribution in [3.63, 3.8) is 0 Å². The van der Waals surface area contributed by atoms with Crippen molar-refractivity contribution in [2.75, 3.05) is 19.7 Å². The minimum atomic E-state index is 0. The van der Waals surface area contributed by atoms with Crippen LogP contribution in [0.4, 0.5) is 0 Å². The largest absolute Gasteiger partial charge is 0.488 e. The van der Waals surface area contributed by atoms with E-state index < -0.39 is 0 Å². The molecule has 0 radical (unpaired) electrons. The van der Waals surface area contributed by atoms with Crippen molar-refractivity contribution >= 4 is 24.4 Å². The molecule has 120 valence electrons. The highest BCUT2D eigenvalue weighted by Crippen LogP contribution is 2.29. The summed E-state index contributed by atoms with van der Waals surface area (Å²) in [5.74, 6) is 1.56. The number of nitrogens with two attached hydrogens (primary N) is 1. The number of fused-ring (bicyclic) bond motifs is 1. The first-order valence-electron chi connectivity index (χ1n) is 7.62. The van der Waals surface area contributed by atoms with E-state index in [1.54, 1.807) is 0 Å². The highest BCUT2D eigenvalue weighted by Gasteiger charge is 2.31. The van der Waals surface area contributed by atoms with Gasteiger partial charge in [-0.3, -0.25) is 4.79 Å². The number of para-hydroxylation sites is 1. The topological polar surface area (TPSA) is 55.6 Å². The fourth-order valence-electron chi connectivity index (χ4n) is 3.17. The molecule has 1 fully saturated rings. The van der Waals surface area contributed by atoms with E-state index in [1.165, 1.54) is 0 Å².